The van der Waals surface area contributed by atoms with Crippen LogP contribution in [0.2, 0.25) is 0 Å². The third-order valence-corrected chi connectivity index (χ3v) is 11.7. The van der Waals surface area contributed by atoms with Crippen LogP contribution in [-0.2, 0) is 7.05 Å². The van der Waals surface area contributed by atoms with Gasteiger partial charge in [0.05, 0.1) is 50.8 Å². The van der Waals surface area contributed by atoms with Crippen LogP contribution >= 0.6 is 0 Å². The maximum atomic E-state index is 10.4. The maximum Gasteiger partial charge on any atom is 0.179 e. The molecule has 9 aromatic rings. The summed E-state index contributed by atoms with van der Waals surface area (Å²) in [5.41, 5.74) is -2.81. The summed E-state index contributed by atoms with van der Waals surface area (Å²) in [5.74, 6) is 0. The Labute approximate surface area is 310 Å². The van der Waals surface area contributed by atoms with Gasteiger partial charge in [0, 0.05) is 45.3 Å². The molecule has 3 heteroatoms. The number of rotatable bonds is 5. The van der Waals surface area contributed by atoms with E-state index in [1.807, 2.05) is 0 Å². The molecule has 0 unspecified atom stereocenters. The van der Waals surface area contributed by atoms with Crippen molar-refractivity contribution in [3.05, 3.63) is 175 Å². The SMILES string of the molecule is [2H]c1c([2H])c([2H])c([Si](c2c([2H])c([2H])c([2H])c([2H])c2[2H])(c2c([2H])c([2H])c([2H])c([2H])c2[2H])c2c([2H])c([2H])c3c(c2[2H])c2c([2H])c([2H])c([2H])c([2H])c2n3-c2c([2H])c([2H])c3c(c2[2H])c2c([2H])c([2H])c([2H])c([2H])c2n3C)c([2H])c1[2H]. The van der Waals surface area contributed by atoms with Gasteiger partial charge >= 0.3 is 0 Å². The van der Waals surface area contributed by atoms with E-state index in [0.29, 0.717) is 4.57 Å². The van der Waals surface area contributed by atoms with Crippen LogP contribution in [0.1, 0.15) is 39.8 Å². The molecule has 0 amide bonds. The minimum absolute atomic E-state index is 0.208. The van der Waals surface area contributed by atoms with Crippen LogP contribution in [0.15, 0.2) is 175 Å². The van der Waals surface area contributed by atoms with Crippen molar-refractivity contribution >= 4 is 72.4 Å². The molecule has 0 N–H and O–H groups in total. The molecule has 0 saturated heterocycles. The first-order valence-electron chi connectivity index (χ1n) is 28.1. The van der Waals surface area contributed by atoms with Gasteiger partial charge in [0.1, 0.15) is 0 Å². The van der Waals surface area contributed by atoms with Crippen molar-refractivity contribution in [3.63, 3.8) is 0 Å². The lowest BCUT2D eigenvalue weighted by Gasteiger charge is -2.34. The lowest BCUT2D eigenvalue weighted by molar-refractivity contribution is 1.01. The van der Waals surface area contributed by atoms with Crippen molar-refractivity contribution in [2.24, 2.45) is 7.05 Å². The molecule has 2 aromatic heterocycles. The normalized spacial score (nSPS) is 20.8. The van der Waals surface area contributed by atoms with Gasteiger partial charge in [0.25, 0.3) is 0 Å². The zero-order valence-electron chi connectivity index (χ0n) is 52.4. The van der Waals surface area contributed by atoms with Crippen molar-refractivity contribution in [3.8, 4) is 5.69 Å². The minimum Gasteiger partial charge on any atom is -0.344 e. The molecule has 0 bridgehead atoms. The molecule has 0 atom stereocenters. The lowest BCUT2D eigenvalue weighted by atomic mass is 10.1. The predicted octanol–water partition coefficient (Wildman–Crippen LogP) is 7.81. The number of hydrogen-bond donors (Lipinski definition) is 0. The second-order valence-corrected chi connectivity index (χ2v) is 13.5. The van der Waals surface area contributed by atoms with Crippen LogP contribution in [0.5, 0.6) is 0 Å². The standard InChI is InChI=1S/C43H32N2Si/c1-44-40-23-13-11-21-36(40)38-29-31(25-27-41(38)44)45-42-24-14-12-22-37(42)39-30-35(26-28-43(39)45)46(32-15-5-2-6-16-32,33-17-7-3-8-18-33)34-19-9-4-10-20-34/h2-30H,1H3/i2D,3D,4D,5D,6D,7D,8D,9D,10D,11D,12D,13D,14D,15D,16D,17D,18D,19D,20D,21D,22D,23D,24D,25D,26D,27D,28D,29D,30D. The quantitative estimate of drug-likeness (QED) is 0.135. The van der Waals surface area contributed by atoms with Crippen LogP contribution in [0.25, 0.3) is 49.3 Å². The van der Waals surface area contributed by atoms with Crippen LogP contribution in [0.3, 0.4) is 0 Å². The van der Waals surface area contributed by atoms with Crippen molar-refractivity contribution in [2.75, 3.05) is 0 Å². The molecule has 0 aliphatic rings. The molecule has 46 heavy (non-hydrogen) atoms. The first-order chi connectivity index (χ1) is 34.8. The van der Waals surface area contributed by atoms with E-state index in [1.165, 1.54) is 7.05 Å². The molecule has 218 valence electrons. The second kappa shape index (κ2) is 10.5. The lowest BCUT2D eigenvalue weighted by Crippen LogP contribution is -2.74. The Hall–Kier alpha value is -5.64. The van der Waals surface area contributed by atoms with E-state index in [0.717, 1.165) is 4.57 Å². The summed E-state index contributed by atoms with van der Waals surface area (Å²) < 4.78 is 267. The Morgan fingerprint density at radius 2 is 0.826 bits per heavy atom. The van der Waals surface area contributed by atoms with Gasteiger partial charge in [-0.25, -0.2) is 0 Å². The molecule has 7 aromatic carbocycles. The van der Waals surface area contributed by atoms with E-state index in [4.69, 9.17) is 20.6 Å². The van der Waals surface area contributed by atoms with Gasteiger partial charge in [-0.05, 0) is 57.0 Å². The largest absolute Gasteiger partial charge is 0.344 e. The highest BCUT2D eigenvalue weighted by atomic mass is 28.3. The summed E-state index contributed by atoms with van der Waals surface area (Å²) in [5, 5.41) is -6.77. The van der Waals surface area contributed by atoms with Gasteiger partial charge in [-0.15, -0.1) is 0 Å². The summed E-state index contributed by atoms with van der Waals surface area (Å²) in [6, 6.07) is -30.8. The fourth-order valence-corrected chi connectivity index (χ4v) is 9.33. The molecule has 0 aliphatic heterocycles. The number of hydrogen-bond acceptors (Lipinski definition) is 0. The van der Waals surface area contributed by atoms with Crippen molar-refractivity contribution in [1.29, 1.82) is 0 Å². The number of aromatic nitrogens is 2. The number of benzene rings is 7. The van der Waals surface area contributed by atoms with E-state index < -0.39 is 232 Å². The highest BCUT2D eigenvalue weighted by molar-refractivity contribution is 7.20. The van der Waals surface area contributed by atoms with Gasteiger partial charge in [0.2, 0.25) is 0 Å². The fourth-order valence-electron chi connectivity index (χ4n) is 5.77. The molecular formula is C43H32N2Si. The third kappa shape index (κ3) is 3.82. The maximum absolute atomic E-state index is 10.4. The van der Waals surface area contributed by atoms with Crippen LogP contribution in [-0.4, -0.2) is 17.2 Å². The van der Waals surface area contributed by atoms with Gasteiger partial charge in [0.15, 0.2) is 8.07 Å². The highest BCUT2D eigenvalue weighted by Gasteiger charge is 2.41. The van der Waals surface area contributed by atoms with Crippen LogP contribution < -0.4 is 20.7 Å². The molecule has 0 radical (unpaired) electrons. The van der Waals surface area contributed by atoms with Crippen LogP contribution in [0, 0.1) is 0 Å². The number of para-hydroxylation sites is 2. The first-order valence-corrected chi connectivity index (χ1v) is 15.6. The Morgan fingerprint density at radius 3 is 1.43 bits per heavy atom. The first kappa shape index (κ1) is 10.4. The van der Waals surface area contributed by atoms with Gasteiger partial charge < -0.3 is 9.13 Å². The number of nitrogens with zero attached hydrogens (tertiary/aromatic N) is 2. The summed E-state index contributed by atoms with van der Waals surface area (Å²) in [6.07, 6.45) is 0. The molecule has 9 rings (SSSR count). The molecule has 0 spiro atoms. The zero-order chi connectivity index (χ0) is 55.9. The summed E-state index contributed by atoms with van der Waals surface area (Å²) in [4.78, 5) is 0. The predicted molar refractivity (Wildman–Crippen MR) is 198 cm³/mol. The summed E-state index contributed by atoms with van der Waals surface area (Å²) in [7, 11) is -5.04. The Balaban J connectivity index is 1.69. The smallest absolute Gasteiger partial charge is 0.179 e. The monoisotopic (exact) mass is 633 g/mol. The van der Waals surface area contributed by atoms with Gasteiger partial charge in [-0.2, -0.15) is 0 Å². The molecule has 2 heterocycles. The highest BCUT2D eigenvalue weighted by Crippen LogP contribution is 2.35. The zero-order valence-corrected chi connectivity index (χ0v) is 24.4. The van der Waals surface area contributed by atoms with Crippen molar-refractivity contribution in [2.45, 2.75) is 0 Å². The molecule has 0 saturated carbocycles. The molecular weight excluding hydrogens is 573 g/mol. The van der Waals surface area contributed by atoms with E-state index in [9.17, 15) is 19.2 Å². The van der Waals surface area contributed by atoms with E-state index in [1.54, 1.807) is 0 Å². The average Bonchev–Trinajstić information content (AvgIpc) is 3.93. The van der Waals surface area contributed by atoms with Crippen LogP contribution in [0.4, 0.5) is 0 Å². The topological polar surface area (TPSA) is 9.86 Å². The Kier molecular flexibility index (Phi) is 2.38. The summed E-state index contributed by atoms with van der Waals surface area (Å²) in [6.45, 7) is 0. The Morgan fingerprint density at radius 1 is 0.391 bits per heavy atom. The van der Waals surface area contributed by atoms with Gasteiger partial charge in [-0.3, -0.25) is 0 Å². The van der Waals surface area contributed by atoms with E-state index >= 15 is 0 Å². The van der Waals surface area contributed by atoms with Crippen molar-refractivity contribution in [1.82, 2.24) is 9.13 Å². The fraction of sp³-hybridized carbons (Fsp3) is 0.0233. The second-order valence-electron chi connectivity index (χ2n) is 10.0. The van der Waals surface area contributed by atoms with E-state index in [-0.39, 0.29) is 21.8 Å². The Bertz CT molecular complexity index is 3940. The van der Waals surface area contributed by atoms with Crippen molar-refractivity contribution < 1.29 is 39.8 Å². The minimum atomic E-state index is -6.36. The van der Waals surface area contributed by atoms with Gasteiger partial charge in [-0.1, -0.05) is 139 Å². The van der Waals surface area contributed by atoms with E-state index in [2.05, 4.69) is 0 Å². The molecule has 2 nitrogen and oxygen atoms in total. The third-order valence-electron chi connectivity index (χ3n) is 7.75. The summed E-state index contributed by atoms with van der Waals surface area (Å²) >= 11 is 0. The molecule has 0 aliphatic carbocycles. The number of aryl methyl sites for hydroxylation is 1. The number of fused-ring (bicyclic) bond motifs is 6. The molecule has 0 fully saturated rings. The average molecular weight is 634 g/mol.